The van der Waals surface area contributed by atoms with Crippen LogP contribution in [0.4, 0.5) is 5.95 Å². The second kappa shape index (κ2) is 5.36. The molecule has 0 amide bonds. The largest absolute Gasteiger partial charge is 0.332 e. The third-order valence-corrected chi connectivity index (χ3v) is 3.30. The van der Waals surface area contributed by atoms with Crippen molar-refractivity contribution in [1.29, 1.82) is 0 Å². The van der Waals surface area contributed by atoms with E-state index in [9.17, 15) is 0 Å². The molecule has 3 heterocycles. The van der Waals surface area contributed by atoms with Crippen molar-refractivity contribution in [1.82, 2.24) is 24.8 Å². The highest BCUT2D eigenvalue weighted by atomic mass is 15.3. The first kappa shape index (κ1) is 12.1. The molecule has 0 unspecified atom stereocenters. The van der Waals surface area contributed by atoms with Crippen LogP contribution in [0.25, 0.3) is 0 Å². The van der Waals surface area contributed by atoms with Gasteiger partial charge in [-0.1, -0.05) is 6.92 Å². The Morgan fingerprint density at radius 3 is 2.84 bits per heavy atom. The lowest BCUT2D eigenvalue weighted by molar-refractivity contribution is 0.551. The molecule has 0 atom stereocenters. The highest BCUT2D eigenvalue weighted by Gasteiger charge is 2.18. The fourth-order valence-electron chi connectivity index (χ4n) is 2.22. The van der Waals surface area contributed by atoms with Crippen LogP contribution in [-0.2, 0) is 19.6 Å². The minimum Gasteiger partial charge on any atom is -0.332 e. The number of rotatable bonds is 4. The van der Waals surface area contributed by atoms with Crippen molar-refractivity contribution in [3.63, 3.8) is 0 Å². The van der Waals surface area contributed by atoms with E-state index in [-0.39, 0.29) is 0 Å². The van der Waals surface area contributed by atoms with E-state index in [1.54, 1.807) is 0 Å². The molecule has 0 aliphatic carbocycles. The third kappa shape index (κ3) is 2.58. The highest BCUT2D eigenvalue weighted by molar-refractivity contribution is 5.31. The van der Waals surface area contributed by atoms with Crippen LogP contribution >= 0.6 is 0 Å². The van der Waals surface area contributed by atoms with Gasteiger partial charge in [-0.15, -0.1) is 0 Å². The van der Waals surface area contributed by atoms with Gasteiger partial charge in [0.2, 0.25) is 5.95 Å². The Hall–Kier alpha value is -1.95. The third-order valence-electron chi connectivity index (χ3n) is 3.30. The lowest BCUT2D eigenvalue weighted by atomic mass is 10.3. The van der Waals surface area contributed by atoms with Gasteiger partial charge in [-0.25, -0.2) is 15.0 Å². The Labute approximate surface area is 112 Å². The molecular formula is C13H18N6. The summed E-state index contributed by atoms with van der Waals surface area (Å²) in [5.41, 5.74) is 1.11. The Kier molecular flexibility index (Phi) is 3.41. The molecule has 6 nitrogen and oxygen atoms in total. The first-order valence-corrected chi connectivity index (χ1v) is 6.63. The van der Waals surface area contributed by atoms with Crippen LogP contribution in [0.5, 0.6) is 0 Å². The Morgan fingerprint density at radius 1 is 1.21 bits per heavy atom. The predicted octanol–water partition coefficient (Wildman–Crippen LogP) is 0.803. The molecule has 0 bridgehead atoms. The van der Waals surface area contributed by atoms with E-state index >= 15 is 0 Å². The lowest BCUT2D eigenvalue weighted by Crippen LogP contribution is -2.34. The molecule has 19 heavy (non-hydrogen) atoms. The van der Waals surface area contributed by atoms with Gasteiger partial charge in [-0.2, -0.15) is 0 Å². The Balaban J connectivity index is 1.70. The molecule has 1 N–H and O–H groups in total. The molecule has 2 aromatic heterocycles. The fraction of sp³-hybridized carbons (Fsp3) is 0.462. The molecule has 0 aromatic carbocycles. The zero-order valence-electron chi connectivity index (χ0n) is 11.1. The van der Waals surface area contributed by atoms with E-state index in [2.05, 4.69) is 36.7 Å². The number of fused-ring (bicyclic) bond motifs is 1. The van der Waals surface area contributed by atoms with Gasteiger partial charge in [-0.05, 0) is 6.54 Å². The predicted molar refractivity (Wildman–Crippen MR) is 72.7 cm³/mol. The molecule has 0 spiro atoms. The van der Waals surface area contributed by atoms with Crippen LogP contribution in [0.2, 0.25) is 0 Å². The quantitative estimate of drug-likeness (QED) is 0.879. The van der Waals surface area contributed by atoms with Gasteiger partial charge in [0.05, 0.1) is 6.54 Å². The molecule has 2 aromatic rings. The molecule has 0 saturated heterocycles. The maximum absolute atomic E-state index is 4.45. The maximum Gasteiger partial charge on any atom is 0.225 e. The topological polar surface area (TPSA) is 58.9 Å². The summed E-state index contributed by atoms with van der Waals surface area (Å²) in [6.07, 6.45) is 7.66. The highest BCUT2D eigenvalue weighted by Crippen LogP contribution is 2.15. The normalized spacial score (nSPS) is 14.5. The molecule has 1 aliphatic heterocycles. The first-order chi connectivity index (χ1) is 9.36. The number of imidazole rings is 1. The van der Waals surface area contributed by atoms with E-state index in [4.69, 9.17) is 0 Å². The van der Waals surface area contributed by atoms with Gasteiger partial charge in [-0.3, -0.25) is 0 Å². The Bertz CT molecular complexity index is 532. The van der Waals surface area contributed by atoms with E-state index in [0.717, 1.165) is 50.1 Å². The van der Waals surface area contributed by atoms with Crippen LogP contribution in [0.15, 0.2) is 24.8 Å². The first-order valence-electron chi connectivity index (χ1n) is 6.63. The van der Waals surface area contributed by atoms with Crippen LogP contribution in [0.1, 0.15) is 18.3 Å². The van der Waals surface area contributed by atoms with Crippen LogP contribution < -0.4 is 10.2 Å². The van der Waals surface area contributed by atoms with Crippen molar-refractivity contribution in [2.24, 2.45) is 0 Å². The summed E-state index contributed by atoms with van der Waals surface area (Å²) in [5.74, 6) is 1.86. The maximum atomic E-state index is 4.45. The van der Waals surface area contributed by atoms with E-state index < -0.39 is 0 Å². The van der Waals surface area contributed by atoms with E-state index in [1.807, 2.05) is 24.8 Å². The molecule has 100 valence electrons. The zero-order valence-corrected chi connectivity index (χ0v) is 11.1. The van der Waals surface area contributed by atoms with E-state index in [0.29, 0.717) is 0 Å². The van der Waals surface area contributed by atoms with Crippen molar-refractivity contribution in [2.45, 2.75) is 26.6 Å². The monoisotopic (exact) mass is 258 g/mol. The minimum atomic E-state index is 0.777. The van der Waals surface area contributed by atoms with Crippen LogP contribution in [0, 0.1) is 0 Å². The second-order valence-corrected chi connectivity index (χ2v) is 4.63. The Morgan fingerprint density at radius 2 is 2.05 bits per heavy atom. The average Bonchev–Trinajstić information content (AvgIpc) is 2.93. The van der Waals surface area contributed by atoms with Crippen molar-refractivity contribution in [2.75, 3.05) is 18.0 Å². The van der Waals surface area contributed by atoms with Gasteiger partial charge >= 0.3 is 0 Å². The summed E-state index contributed by atoms with van der Waals surface area (Å²) in [6.45, 7) is 6.51. The molecule has 0 fully saturated rings. The number of anilines is 1. The summed E-state index contributed by atoms with van der Waals surface area (Å²) in [6, 6.07) is 0. The smallest absolute Gasteiger partial charge is 0.225 e. The standard InChI is InChI=1S/C13H18N6/c1-2-14-7-11-8-16-13(17-9-11)19-6-5-18-4-3-15-12(18)10-19/h3-4,8-9,14H,2,5-7,10H2,1H3. The summed E-state index contributed by atoms with van der Waals surface area (Å²) >= 11 is 0. The SMILES string of the molecule is CCNCc1cnc(N2CCn3ccnc3C2)nc1. The van der Waals surface area contributed by atoms with Gasteiger partial charge in [0.25, 0.3) is 0 Å². The summed E-state index contributed by atoms with van der Waals surface area (Å²) < 4.78 is 2.18. The van der Waals surface area contributed by atoms with Gasteiger partial charge in [0.1, 0.15) is 5.82 Å². The van der Waals surface area contributed by atoms with Crippen molar-refractivity contribution >= 4 is 5.95 Å². The lowest BCUT2D eigenvalue weighted by Gasteiger charge is -2.27. The summed E-state index contributed by atoms with van der Waals surface area (Å²) in [5, 5.41) is 3.27. The van der Waals surface area contributed by atoms with Gasteiger partial charge in [0.15, 0.2) is 0 Å². The zero-order chi connectivity index (χ0) is 13.1. The molecule has 0 radical (unpaired) electrons. The number of nitrogens with zero attached hydrogens (tertiary/aromatic N) is 5. The van der Waals surface area contributed by atoms with E-state index in [1.165, 1.54) is 0 Å². The molecule has 3 rings (SSSR count). The van der Waals surface area contributed by atoms with Crippen molar-refractivity contribution < 1.29 is 0 Å². The number of nitrogens with one attached hydrogen (secondary N) is 1. The second-order valence-electron chi connectivity index (χ2n) is 4.63. The summed E-state index contributed by atoms with van der Waals surface area (Å²) in [7, 11) is 0. The van der Waals surface area contributed by atoms with Gasteiger partial charge in [0, 0.05) is 50.0 Å². The number of hydrogen-bond donors (Lipinski definition) is 1. The van der Waals surface area contributed by atoms with Crippen LogP contribution in [-0.4, -0.2) is 32.6 Å². The molecule has 1 aliphatic rings. The van der Waals surface area contributed by atoms with Crippen molar-refractivity contribution in [3.05, 3.63) is 36.2 Å². The number of aromatic nitrogens is 4. The molecule has 6 heteroatoms. The number of hydrogen-bond acceptors (Lipinski definition) is 5. The molecular weight excluding hydrogens is 240 g/mol. The van der Waals surface area contributed by atoms with Crippen molar-refractivity contribution in [3.8, 4) is 0 Å². The average molecular weight is 258 g/mol. The summed E-state index contributed by atoms with van der Waals surface area (Å²) in [4.78, 5) is 15.4. The van der Waals surface area contributed by atoms with Gasteiger partial charge < -0.3 is 14.8 Å². The molecule has 0 saturated carbocycles. The minimum absolute atomic E-state index is 0.777. The van der Waals surface area contributed by atoms with Crippen LogP contribution in [0.3, 0.4) is 0 Å². The fourth-order valence-corrected chi connectivity index (χ4v) is 2.22.